The van der Waals surface area contributed by atoms with E-state index in [4.69, 9.17) is 4.74 Å². The molecule has 178 valence electrons. The molecule has 5 unspecified atom stereocenters. The molecular formula is C29H38O4. The summed E-state index contributed by atoms with van der Waals surface area (Å²) >= 11 is 0. The number of hydrogen-bond acceptors (Lipinski definition) is 4. The van der Waals surface area contributed by atoms with Crippen LogP contribution in [0.25, 0.3) is 10.8 Å². The molecule has 0 saturated heterocycles. The van der Waals surface area contributed by atoms with Gasteiger partial charge in [0.15, 0.2) is 11.5 Å². The van der Waals surface area contributed by atoms with Gasteiger partial charge in [-0.15, -0.1) is 0 Å². The van der Waals surface area contributed by atoms with Gasteiger partial charge >= 0.3 is 5.97 Å². The molecule has 2 aromatic rings. The van der Waals surface area contributed by atoms with E-state index in [0.717, 1.165) is 54.9 Å². The number of aryl methyl sites for hydroxylation is 2. The van der Waals surface area contributed by atoms with Crippen molar-refractivity contribution in [1.82, 2.24) is 0 Å². The number of phenols is 2. The zero-order valence-electron chi connectivity index (χ0n) is 21.0. The Bertz CT molecular complexity index is 1170. The Kier molecular flexibility index (Phi) is 4.71. The van der Waals surface area contributed by atoms with E-state index < -0.39 is 5.41 Å². The molecule has 2 saturated carbocycles. The molecule has 3 aliphatic rings. The fourth-order valence-electron chi connectivity index (χ4n) is 8.21. The molecule has 0 aliphatic heterocycles. The molecule has 0 aromatic heterocycles. The molecule has 2 fully saturated rings. The Hall–Kier alpha value is -2.23. The molecule has 5 atom stereocenters. The Morgan fingerprint density at radius 3 is 2.39 bits per heavy atom. The van der Waals surface area contributed by atoms with Crippen LogP contribution in [0.2, 0.25) is 0 Å². The zero-order chi connectivity index (χ0) is 24.0. The van der Waals surface area contributed by atoms with Gasteiger partial charge in [0.1, 0.15) is 0 Å². The third-order valence-electron chi connectivity index (χ3n) is 10.8. The summed E-state index contributed by atoms with van der Waals surface area (Å²) in [6.07, 6.45) is 7.18. The maximum atomic E-state index is 12.8. The molecule has 3 aliphatic carbocycles. The summed E-state index contributed by atoms with van der Waals surface area (Å²) < 4.78 is 5.25. The van der Waals surface area contributed by atoms with Crippen molar-refractivity contribution in [1.29, 1.82) is 0 Å². The molecule has 2 N–H and O–H groups in total. The lowest BCUT2D eigenvalue weighted by Crippen LogP contribution is -2.61. The van der Waals surface area contributed by atoms with Gasteiger partial charge in [-0.25, -0.2) is 0 Å². The summed E-state index contributed by atoms with van der Waals surface area (Å²) in [5, 5.41) is 22.7. The van der Waals surface area contributed by atoms with Crippen LogP contribution in [0.5, 0.6) is 11.5 Å². The van der Waals surface area contributed by atoms with Crippen LogP contribution in [0.1, 0.15) is 82.9 Å². The van der Waals surface area contributed by atoms with Gasteiger partial charge in [-0.2, -0.15) is 0 Å². The molecule has 0 spiro atoms. The van der Waals surface area contributed by atoms with Crippen molar-refractivity contribution in [3.05, 3.63) is 34.9 Å². The van der Waals surface area contributed by atoms with Gasteiger partial charge in [0.25, 0.3) is 0 Å². The molecule has 33 heavy (non-hydrogen) atoms. The highest BCUT2D eigenvalue weighted by molar-refractivity contribution is 5.93. The number of esters is 1. The second-order valence-corrected chi connectivity index (χ2v) is 12.3. The van der Waals surface area contributed by atoms with E-state index in [1.807, 2.05) is 6.92 Å². The quantitative estimate of drug-likeness (QED) is 0.382. The molecule has 5 rings (SSSR count). The fourth-order valence-corrected chi connectivity index (χ4v) is 8.21. The van der Waals surface area contributed by atoms with Crippen molar-refractivity contribution < 1.29 is 19.7 Å². The van der Waals surface area contributed by atoms with Gasteiger partial charge in [0.05, 0.1) is 12.5 Å². The van der Waals surface area contributed by atoms with Gasteiger partial charge in [-0.05, 0) is 109 Å². The van der Waals surface area contributed by atoms with Crippen LogP contribution in [0.4, 0.5) is 0 Å². The van der Waals surface area contributed by atoms with Crippen LogP contribution in [0.15, 0.2) is 18.2 Å². The highest BCUT2D eigenvalue weighted by Crippen LogP contribution is 2.70. The van der Waals surface area contributed by atoms with Crippen LogP contribution in [-0.2, 0) is 21.4 Å². The van der Waals surface area contributed by atoms with Gasteiger partial charge in [0.2, 0.25) is 0 Å². The molecule has 4 nitrogen and oxygen atoms in total. The van der Waals surface area contributed by atoms with Crippen LogP contribution >= 0.6 is 0 Å². The minimum atomic E-state index is -0.412. The number of carbonyl (C=O) groups excluding carboxylic acids is 1. The van der Waals surface area contributed by atoms with E-state index in [2.05, 4.69) is 39.8 Å². The summed E-state index contributed by atoms with van der Waals surface area (Å²) in [5.41, 5.74) is 3.35. The number of hydrogen-bond donors (Lipinski definition) is 2. The van der Waals surface area contributed by atoms with Crippen molar-refractivity contribution >= 4 is 16.7 Å². The first-order valence-electron chi connectivity index (χ1n) is 12.5. The summed E-state index contributed by atoms with van der Waals surface area (Å²) in [6, 6.07) is 6.17. The van der Waals surface area contributed by atoms with Crippen molar-refractivity contribution in [2.75, 3.05) is 7.11 Å². The second kappa shape index (κ2) is 6.90. The van der Waals surface area contributed by atoms with E-state index >= 15 is 0 Å². The third-order valence-corrected chi connectivity index (χ3v) is 10.8. The lowest BCUT2D eigenvalue weighted by molar-refractivity contribution is -0.170. The van der Waals surface area contributed by atoms with Gasteiger partial charge in [-0.1, -0.05) is 32.9 Å². The van der Waals surface area contributed by atoms with Gasteiger partial charge < -0.3 is 14.9 Å². The Balaban J connectivity index is 1.66. The fraction of sp³-hybridized carbons (Fsp3) is 0.621. The lowest BCUT2D eigenvalue weighted by Gasteiger charge is -2.66. The number of fused-ring (bicyclic) bond motifs is 7. The minimum absolute atomic E-state index is 0.00523. The average Bonchev–Trinajstić information content (AvgIpc) is 2.79. The molecule has 0 amide bonds. The Morgan fingerprint density at radius 1 is 1.00 bits per heavy atom. The summed E-state index contributed by atoms with van der Waals surface area (Å²) in [5.74, 6) is 0.324. The highest BCUT2D eigenvalue weighted by atomic mass is 16.5. The number of phenolic OH excluding ortho intramolecular Hbond substituents is 2. The van der Waals surface area contributed by atoms with Crippen molar-refractivity contribution in [2.45, 2.75) is 85.0 Å². The van der Waals surface area contributed by atoms with Crippen LogP contribution in [0, 0.1) is 29.1 Å². The first kappa shape index (κ1) is 22.6. The molecule has 0 bridgehead atoms. The summed E-state index contributed by atoms with van der Waals surface area (Å²) in [4.78, 5) is 12.8. The maximum Gasteiger partial charge on any atom is 0.311 e. The maximum absolute atomic E-state index is 12.8. The molecule has 4 heteroatoms. The van der Waals surface area contributed by atoms with E-state index in [0.29, 0.717) is 5.92 Å². The van der Waals surface area contributed by atoms with E-state index in [-0.39, 0.29) is 33.7 Å². The highest BCUT2D eigenvalue weighted by Gasteiger charge is 2.64. The first-order valence-corrected chi connectivity index (χ1v) is 12.5. The topological polar surface area (TPSA) is 66.8 Å². The van der Waals surface area contributed by atoms with Crippen molar-refractivity contribution in [3.8, 4) is 11.5 Å². The second-order valence-electron chi connectivity index (χ2n) is 12.3. The summed E-state index contributed by atoms with van der Waals surface area (Å²) in [6.45, 7) is 11.4. The molecular weight excluding hydrogens is 412 g/mol. The lowest BCUT2D eigenvalue weighted by atomic mass is 9.37. The van der Waals surface area contributed by atoms with Gasteiger partial charge in [0, 0.05) is 5.56 Å². The largest absolute Gasteiger partial charge is 0.504 e. The van der Waals surface area contributed by atoms with E-state index in [1.54, 1.807) is 6.07 Å². The number of methoxy groups -OCH3 is 1. The zero-order valence-corrected chi connectivity index (χ0v) is 21.0. The van der Waals surface area contributed by atoms with Crippen LogP contribution in [0.3, 0.4) is 0 Å². The predicted octanol–water partition coefficient (Wildman–Crippen LogP) is 6.55. The van der Waals surface area contributed by atoms with Gasteiger partial charge in [-0.3, -0.25) is 4.79 Å². The predicted molar refractivity (Wildman–Crippen MR) is 131 cm³/mol. The Labute approximate surface area is 197 Å². The van der Waals surface area contributed by atoms with E-state index in [9.17, 15) is 15.0 Å². The molecule has 0 heterocycles. The molecule has 0 radical (unpaired) electrons. The van der Waals surface area contributed by atoms with Crippen molar-refractivity contribution in [3.63, 3.8) is 0 Å². The smallest absolute Gasteiger partial charge is 0.311 e. The summed E-state index contributed by atoms with van der Waals surface area (Å²) in [7, 11) is 1.52. The average molecular weight is 451 g/mol. The number of benzene rings is 2. The number of carbonyl (C=O) groups is 1. The van der Waals surface area contributed by atoms with E-state index in [1.165, 1.54) is 24.7 Å². The SMILES string of the molecule is COC(=O)C1(C)CCC2(C)CCC3(C)c4ccc5c(C)c(O)c(O)cc5c4CCC3(C)C2C1. The normalized spacial score (nSPS) is 37.7. The third kappa shape index (κ3) is 2.79. The first-order chi connectivity index (χ1) is 15.4. The monoisotopic (exact) mass is 450 g/mol. The number of ether oxygens (including phenoxy) is 1. The standard InChI is InChI=1S/C29H38O4/c1-17-18-7-8-21-19(20(18)15-22(30)24(17)31)9-10-29(5)23-16-27(3,25(32)33-6)12-11-26(23,2)13-14-28(21,29)4/h7-8,15,23,30-31H,9-14,16H2,1-6H3. The van der Waals surface area contributed by atoms with Crippen molar-refractivity contribution in [2.24, 2.45) is 22.2 Å². The Morgan fingerprint density at radius 2 is 1.70 bits per heavy atom. The number of aromatic hydroxyl groups is 2. The van der Waals surface area contributed by atoms with Crippen LogP contribution < -0.4 is 0 Å². The minimum Gasteiger partial charge on any atom is -0.504 e. The van der Waals surface area contributed by atoms with Crippen LogP contribution in [-0.4, -0.2) is 23.3 Å². The molecule has 2 aromatic carbocycles. The number of rotatable bonds is 1.